The van der Waals surface area contributed by atoms with Crippen molar-refractivity contribution in [2.75, 3.05) is 5.32 Å². The summed E-state index contributed by atoms with van der Waals surface area (Å²) in [7, 11) is 0. The summed E-state index contributed by atoms with van der Waals surface area (Å²) in [5.74, 6) is 0. The van der Waals surface area contributed by atoms with Crippen LogP contribution in [0.3, 0.4) is 0 Å². The maximum atomic E-state index is 6.10. The number of rotatable bonds is 2. The lowest BCUT2D eigenvalue weighted by molar-refractivity contribution is 0.229. The maximum absolute atomic E-state index is 6.10. The SMILES string of the molecule is CC1(C)CCCC(Nc2ccc(Br)c(Cl)c2)C1. The molecule has 2 rings (SSSR count). The molecule has 1 nitrogen and oxygen atoms in total. The van der Waals surface area contributed by atoms with Gasteiger partial charge in [-0.25, -0.2) is 0 Å². The van der Waals surface area contributed by atoms with Crippen molar-refractivity contribution in [1.29, 1.82) is 0 Å². The molecule has 17 heavy (non-hydrogen) atoms. The van der Waals surface area contributed by atoms with Crippen molar-refractivity contribution < 1.29 is 0 Å². The molecule has 0 amide bonds. The number of hydrogen-bond acceptors (Lipinski definition) is 1. The molecule has 0 bridgehead atoms. The molecule has 0 radical (unpaired) electrons. The highest BCUT2D eigenvalue weighted by Crippen LogP contribution is 2.36. The molecule has 1 aromatic rings. The van der Waals surface area contributed by atoms with E-state index in [0.717, 1.165) is 15.2 Å². The molecule has 0 aliphatic heterocycles. The summed E-state index contributed by atoms with van der Waals surface area (Å²) in [6.07, 6.45) is 5.15. The largest absolute Gasteiger partial charge is 0.382 e. The van der Waals surface area contributed by atoms with Crippen LogP contribution < -0.4 is 5.32 Å². The van der Waals surface area contributed by atoms with Gasteiger partial charge in [-0.3, -0.25) is 0 Å². The second kappa shape index (κ2) is 5.19. The van der Waals surface area contributed by atoms with E-state index in [0.29, 0.717) is 11.5 Å². The molecule has 1 aliphatic rings. The molecule has 1 atom stereocenters. The number of halogens is 2. The Morgan fingerprint density at radius 1 is 1.41 bits per heavy atom. The van der Waals surface area contributed by atoms with Gasteiger partial charge in [0.2, 0.25) is 0 Å². The fourth-order valence-electron chi connectivity index (χ4n) is 2.64. The van der Waals surface area contributed by atoms with Gasteiger partial charge in [0.05, 0.1) is 5.02 Å². The third-order valence-electron chi connectivity index (χ3n) is 3.50. The lowest BCUT2D eigenvalue weighted by Gasteiger charge is -2.36. The number of benzene rings is 1. The quantitative estimate of drug-likeness (QED) is 0.761. The highest BCUT2D eigenvalue weighted by molar-refractivity contribution is 9.10. The van der Waals surface area contributed by atoms with Crippen molar-refractivity contribution in [3.63, 3.8) is 0 Å². The Balaban J connectivity index is 2.03. The molecule has 3 heteroatoms. The summed E-state index contributed by atoms with van der Waals surface area (Å²) in [5.41, 5.74) is 1.59. The molecule has 1 N–H and O–H groups in total. The van der Waals surface area contributed by atoms with Crippen molar-refractivity contribution in [2.45, 2.75) is 45.6 Å². The van der Waals surface area contributed by atoms with Gasteiger partial charge in [-0.1, -0.05) is 31.9 Å². The first-order valence-corrected chi connectivity index (χ1v) is 7.35. The highest BCUT2D eigenvalue weighted by Gasteiger charge is 2.27. The van der Waals surface area contributed by atoms with Crippen LogP contribution in [-0.4, -0.2) is 6.04 Å². The maximum Gasteiger partial charge on any atom is 0.0568 e. The van der Waals surface area contributed by atoms with E-state index in [1.165, 1.54) is 25.7 Å². The van der Waals surface area contributed by atoms with Crippen molar-refractivity contribution in [2.24, 2.45) is 5.41 Å². The van der Waals surface area contributed by atoms with Gasteiger partial charge >= 0.3 is 0 Å². The van der Waals surface area contributed by atoms with E-state index in [-0.39, 0.29) is 0 Å². The van der Waals surface area contributed by atoms with Gasteiger partial charge in [0.1, 0.15) is 0 Å². The molecule has 0 saturated heterocycles. The zero-order valence-corrected chi connectivity index (χ0v) is 12.7. The molecule has 1 saturated carbocycles. The van der Waals surface area contributed by atoms with E-state index < -0.39 is 0 Å². The van der Waals surface area contributed by atoms with Crippen LogP contribution >= 0.6 is 27.5 Å². The van der Waals surface area contributed by atoms with Gasteiger partial charge in [0.25, 0.3) is 0 Å². The summed E-state index contributed by atoms with van der Waals surface area (Å²) in [6, 6.07) is 6.65. The van der Waals surface area contributed by atoms with Gasteiger partial charge < -0.3 is 5.32 Å². The molecular weight excluding hydrogens is 298 g/mol. The summed E-state index contributed by atoms with van der Waals surface area (Å²) >= 11 is 9.51. The smallest absolute Gasteiger partial charge is 0.0568 e. The number of anilines is 1. The first-order chi connectivity index (χ1) is 7.96. The van der Waals surface area contributed by atoms with Crippen LogP contribution in [-0.2, 0) is 0 Å². The summed E-state index contributed by atoms with van der Waals surface area (Å²) in [6.45, 7) is 4.71. The minimum absolute atomic E-state index is 0.467. The van der Waals surface area contributed by atoms with Crippen LogP contribution in [0.25, 0.3) is 0 Å². The Bertz CT molecular complexity index is 403. The first kappa shape index (κ1) is 13.2. The third kappa shape index (κ3) is 3.62. The van der Waals surface area contributed by atoms with Crippen molar-refractivity contribution >= 4 is 33.2 Å². The third-order valence-corrected chi connectivity index (χ3v) is 4.73. The second-order valence-electron chi connectivity index (χ2n) is 5.73. The highest BCUT2D eigenvalue weighted by atomic mass is 79.9. The normalized spacial score (nSPS) is 23.4. The predicted molar refractivity (Wildman–Crippen MR) is 78.8 cm³/mol. The fraction of sp³-hybridized carbons (Fsp3) is 0.571. The molecule has 1 fully saturated rings. The predicted octanol–water partition coefficient (Wildman–Crippen LogP) is 5.48. The van der Waals surface area contributed by atoms with Gasteiger partial charge in [0.15, 0.2) is 0 Å². The Kier molecular flexibility index (Phi) is 4.04. The van der Waals surface area contributed by atoms with Crippen molar-refractivity contribution in [3.8, 4) is 0 Å². The Hall–Kier alpha value is -0.210. The second-order valence-corrected chi connectivity index (χ2v) is 6.99. The minimum atomic E-state index is 0.467. The lowest BCUT2D eigenvalue weighted by atomic mass is 9.75. The van der Waals surface area contributed by atoms with Crippen LogP contribution in [0.15, 0.2) is 22.7 Å². The Labute approximate surface area is 117 Å². The molecule has 1 aromatic carbocycles. The molecular formula is C14H19BrClN. The van der Waals surface area contributed by atoms with Crippen LogP contribution in [0, 0.1) is 5.41 Å². The average Bonchev–Trinajstić information content (AvgIpc) is 2.22. The van der Waals surface area contributed by atoms with Crippen molar-refractivity contribution in [1.82, 2.24) is 0 Å². The van der Waals surface area contributed by atoms with Crippen molar-refractivity contribution in [3.05, 3.63) is 27.7 Å². The number of hydrogen-bond donors (Lipinski definition) is 1. The first-order valence-electron chi connectivity index (χ1n) is 6.18. The Morgan fingerprint density at radius 2 is 2.18 bits per heavy atom. The van der Waals surface area contributed by atoms with Gasteiger partial charge in [-0.05, 0) is 58.8 Å². The molecule has 1 unspecified atom stereocenters. The monoisotopic (exact) mass is 315 g/mol. The van der Waals surface area contributed by atoms with E-state index in [9.17, 15) is 0 Å². The molecule has 94 valence electrons. The minimum Gasteiger partial charge on any atom is -0.382 e. The van der Waals surface area contributed by atoms with E-state index in [1.54, 1.807) is 0 Å². The van der Waals surface area contributed by atoms with Crippen LogP contribution in [0.2, 0.25) is 5.02 Å². The Morgan fingerprint density at radius 3 is 2.82 bits per heavy atom. The van der Waals surface area contributed by atoms with Crippen LogP contribution in [0.4, 0.5) is 5.69 Å². The van der Waals surface area contributed by atoms with Crippen LogP contribution in [0.1, 0.15) is 39.5 Å². The summed E-state index contributed by atoms with van der Waals surface area (Å²) < 4.78 is 0.952. The van der Waals surface area contributed by atoms with Crippen LogP contribution in [0.5, 0.6) is 0 Å². The van der Waals surface area contributed by atoms with E-state index in [1.807, 2.05) is 12.1 Å². The van der Waals surface area contributed by atoms with Gasteiger partial charge in [-0.15, -0.1) is 0 Å². The molecule has 0 aromatic heterocycles. The molecule has 0 heterocycles. The number of nitrogens with one attached hydrogen (secondary N) is 1. The zero-order valence-electron chi connectivity index (χ0n) is 10.4. The summed E-state index contributed by atoms with van der Waals surface area (Å²) in [4.78, 5) is 0. The van der Waals surface area contributed by atoms with E-state index in [2.05, 4.69) is 41.2 Å². The molecule has 0 spiro atoms. The van der Waals surface area contributed by atoms with E-state index in [4.69, 9.17) is 11.6 Å². The lowest BCUT2D eigenvalue weighted by Crippen LogP contribution is -2.31. The fourth-order valence-corrected chi connectivity index (χ4v) is 3.07. The molecule has 1 aliphatic carbocycles. The standard InChI is InChI=1S/C14H19BrClN/c1-14(2)7-3-4-11(9-14)17-10-5-6-12(15)13(16)8-10/h5-6,8,11,17H,3-4,7,9H2,1-2H3. The van der Waals surface area contributed by atoms with Gasteiger partial charge in [0, 0.05) is 16.2 Å². The topological polar surface area (TPSA) is 12.0 Å². The summed E-state index contributed by atoms with van der Waals surface area (Å²) in [5, 5.41) is 4.37. The zero-order chi connectivity index (χ0) is 12.5. The van der Waals surface area contributed by atoms with E-state index >= 15 is 0 Å². The average molecular weight is 317 g/mol. The van der Waals surface area contributed by atoms with Gasteiger partial charge in [-0.2, -0.15) is 0 Å².